The van der Waals surface area contributed by atoms with Crippen LogP contribution in [-0.2, 0) is 18.9 Å². The van der Waals surface area contributed by atoms with Crippen LogP contribution in [0.3, 0.4) is 0 Å². The average Bonchev–Trinajstić information content (AvgIpc) is 2.90. The van der Waals surface area contributed by atoms with Gasteiger partial charge in [-0.3, -0.25) is 0 Å². The van der Waals surface area contributed by atoms with E-state index in [1.54, 1.807) is 34.6 Å². The summed E-state index contributed by atoms with van der Waals surface area (Å²) in [5.41, 5.74) is -4.56. The maximum atomic E-state index is 10.6. The fraction of sp³-hybridized carbons (Fsp3) is 1.00. The number of aliphatic hydroxyl groups is 11. The topological polar surface area (TPSA) is 322 Å². The molecule has 0 spiro atoms. The third-order valence-corrected chi connectivity index (χ3v) is 8.24. The summed E-state index contributed by atoms with van der Waals surface area (Å²) in [5.74, 6) is 0. The molecule has 0 radical (unpaired) electrons. The number of rotatable bonds is 6. The summed E-state index contributed by atoms with van der Waals surface area (Å²) in [6.07, 6.45) is -14.4. The standard InChI is InChI=1S/C16H30O10.C9H18O5.2CH4.2H2O/c1-15(2)12(22)13(23)16(3,8(5-18)26-15)6-24-14-11(21)10(20)9(19)7(4-17)25-14;1-8(2)6(12)5(11)7(13)9(3,4-10)14-8;;;;/h7-14,17-23H,4-6H2,1-3H3;5-7,10-13H,4H2,1-3H3;2*1H4;2*1H2. The van der Waals surface area contributed by atoms with Crippen LogP contribution in [0.15, 0.2) is 0 Å². The lowest BCUT2D eigenvalue weighted by molar-refractivity contribution is -0.328. The summed E-state index contributed by atoms with van der Waals surface area (Å²) < 4.78 is 21.8. The molecule has 270 valence electrons. The molecule has 0 aromatic heterocycles. The van der Waals surface area contributed by atoms with Crippen LogP contribution in [0.5, 0.6) is 0 Å². The van der Waals surface area contributed by atoms with Crippen molar-refractivity contribution in [3.05, 3.63) is 0 Å². The molecule has 3 aliphatic heterocycles. The third-order valence-electron chi connectivity index (χ3n) is 8.24. The van der Waals surface area contributed by atoms with Crippen molar-refractivity contribution in [1.82, 2.24) is 0 Å². The zero-order chi connectivity index (χ0) is 31.0. The first-order valence-electron chi connectivity index (χ1n) is 13.2. The molecule has 17 nitrogen and oxygen atoms in total. The van der Waals surface area contributed by atoms with E-state index >= 15 is 0 Å². The minimum atomic E-state index is -1.59. The average molecular weight is 657 g/mol. The minimum Gasteiger partial charge on any atom is -0.412 e. The maximum Gasteiger partial charge on any atom is 0.186 e. The van der Waals surface area contributed by atoms with Crippen molar-refractivity contribution in [1.29, 1.82) is 0 Å². The Morgan fingerprint density at radius 3 is 1.59 bits per heavy atom. The van der Waals surface area contributed by atoms with Gasteiger partial charge in [0, 0.05) is 5.41 Å². The zero-order valence-electron chi connectivity index (χ0n) is 24.7. The Bertz CT molecular complexity index is 811. The normalized spacial score (nSPS) is 44.2. The molecule has 3 rings (SSSR count). The lowest BCUT2D eigenvalue weighted by Gasteiger charge is -2.53. The third kappa shape index (κ3) is 9.23. The summed E-state index contributed by atoms with van der Waals surface area (Å²) in [6.45, 7) is 7.65. The van der Waals surface area contributed by atoms with Gasteiger partial charge in [0.2, 0.25) is 0 Å². The van der Waals surface area contributed by atoms with Gasteiger partial charge < -0.3 is 86.1 Å². The summed E-state index contributed by atoms with van der Waals surface area (Å²) >= 11 is 0. The van der Waals surface area contributed by atoms with Gasteiger partial charge in [0.25, 0.3) is 0 Å². The summed E-state index contributed by atoms with van der Waals surface area (Å²) in [6, 6.07) is 0. The van der Waals surface area contributed by atoms with Gasteiger partial charge in [-0.1, -0.05) is 21.8 Å². The highest BCUT2D eigenvalue weighted by molar-refractivity contribution is 5.04. The predicted octanol–water partition coefficient (Wildman–Crippen LogP) is -5.05. The molecule has 0 saturated carbocycles. The first-order chi connectivity index (χ1) is 18.2. The second-order valence-corrected chi connectivity index (χ2v) is 12.4. The van der Waals surface area contributed by atoms with Crippen LogP contribution >= 0.6 is 0 Å². The van der Waals surface area contributed by atoms with Crippen molar-refractivity contribution < 1.29 is 86.1 Å². The van der Waals surface area contributed by atoms with Crippen molar-refractivity contribution in [2.24, 2.45) is 5.41 Å². The Labute approximate surface area is 258 Å². The van der Waals surface area contributed by atoms with E-state index < -0.39 is 109 Å². The molecule has 0 amide bonds. The summed E-state index contributed by atoms with van der Waals surface area (Å²) in [5, 5.41) is 107. The SMILES string of the molecule is C.C.CC1(C)OC(C)(CO)C(O)C(O)C1O.CC1(C)OC(CO)C(C)(COC2OC(CO)C(O)C(O)C2O)C(O)C1O.O.O. The highest BCUT2D eigenvalue weighted by Crippen LogP contribution is 2.42. The van der Waals surface area contributed by atoms with Crippen LogP contribution in [0.4, 0.5) is 0 Å². The largest absolute Gasteiger partial charge is 0.412 e. The van der Waals surface area contributed by atoms with Crippen LogP contribution in [0.1, 0.15) is 56.4 Å². The molecule has 44 heavy (non-hydrogen) atoms. The number of hydrogen-bond acceptors (Lipinski definition) is 15. The van der Waals surface area contributed by atoms with Gasteiger partial charge in [0.15, 0.2) is 6.29 Å². The Morgan fingerprint density at radius 1 is 0.614 bits per heavy atom. The Balaban J connectivity index is -0.000000806. The molecule has 13 atom stereocenters. The fourth-order valence-electron chi connectivity index (χ4n) is 5.19. The smallest absolute Gasteiger partial charge is 0.186 e. The van der Waals surface area contributed by atoms with Crippen molar-refractivity contribution in [2.45, 2.75) is 141 Å². The van der Waals surface area contributed by atoms with Gasteiger partial charge in [-0.15, -0.1) is 0 Å². The van der Waals surface area contributed by atoms with Crippen LogP contribution < -0.4 is 0 Å². The summed E-state index contributed by atoms with van der Waals surface area (Å²) in [4.78, 5) is 0. The molecule has 3 saturated heterocycles. The van der Waals surface area contributed by atoms with E-state index in [1.165, 1.54) is 6.92 Å². The van der Waals surface area contributed by atoms with Crippen LogP contribution in [0.2, 0.25) is 0 Å². The highest BCUT2D eigenvalue weighted by Gasteiger charge is 2.57. The molecule has 13 unspecified atom stereocenters. The van der Waals surface area contributed by atoms with E-state index in [9.17, 15) is 51.1 Å². The number of aliphatic hydroxyl groups excluding tert-OH is 11. The molecule has 17 heteroatoms. The van der Waals surface area contributed by atoms with E-state index in [2.05, 4.69) is 0 Å². The molecular formula is C27H60O17. The molecular weight excluding hydrogens is 596 g/mol. The second-order valence-electron chi connectivity index (χ2n) is 12.4. The molecule has 0 aromatic rings. The Morgan fingerprint density at radius 2 is 1.14 bits per heavy atom. The summed E-state index contributed by atoms with van der Waals surface area (Å²) in [7, 11) is 0. The van der Waals surface area contributed by atoms with Crippen molar-refractivity contribution in [3.63, 3.8) is 0 Å². The van der Waals surface area contributed by atoms with E-state index in [0.29, 0.717) is 0 Å². The van der Waals surface area contributed by atoms with Gasteiger partial charge in [-0.25, -0.2) is 0 Å². The van der Waals surface area contributed by atoms with Gasteiger partial charge in [-0.2, -0.15) is 0 Å². The number of ether oxygens (including phenoxy) is 4. The van der Waals surface area contributed by atoms with Crippen LogP contribution in [0.25, 0.3) is 0 Å². The lowest BCUT2D eigenvalue weighted by atomic mass is 9.71. The molecule has 3 aliphatic rings. The second kappa shape index (κ2) is 17.5. The van der Waals surface area contributed by atoms with Gasteiger partial charge in [-0.05, 0) is 34.6 Å². The van der Waals surface area contributed by atoms with Gasteiger partial charge >= 0.3 is 0 Å². The van der Waals surface area contributed by atoms with E-state index in [0.717, 1.165) is 0 Å². The molecule has 3 heterocycles. The quantitative estimate of drug-likeness (QED) is 0.127. The zero-order valence-corrected chi connectivity index (χ0v) is 24.7. The van der Waals surface area contributed by atoms with E-state index in [-0.39, 0.29) is 32.4 Å². The number of hydrogen-bond donors (Lipinski definition) is 11. The van der Waals surface area contributed by atoms with E-state index in [1.807, 2.05) is 0 Å². The van der Waals surface area contributed by atoms with Crippen molar-refractivity contribution in [3.8, 4) is 0 Å². The molecule has 0 aliphatic carbocycles. The molecule has 3 fully saturated rings. The van der Waals surface area contributed by atoms with Gasteiger partial charge in [0.1, 0.15) is 54.4 Å². The highest BCUT2D eigenvalue weighted by atomic mass is 16.7. The van der Waals surface area contributed by atoms with Crippen molar-refractivity contribution in [2.75, 3.05) is 26.4 Å². The van der Waals surface area contributed by atoms with E-state index in [4.69, 9.17) is 24.1 Å². The first-order valence-corrected chi connectivity index (χ1v) is 13.2. The maximum absolute atomic E-state index is 10.6. The van der Waals surface area contributed by atoms with Crippen LogP contribution in [-0.4, -0.2) is 178 Å². The molecule has 15 N–H and O–H groups in total. The predicted molar refractivity (Wildman–Crippen MR) is 155 cm³/mol. The van der Waals surface area contributed by atoms with Crippen LogP contribution in [0, 0.1) is 5.41 Å². The van der Waals surface area contributed by atoms with Gasteiger partial charge in [0.05, 0.1) is 49.8 Å². The Hall–Kier alpha value is -0.680. The molecule has 0 bridgehead atoms. The minimum absolute atomic E-state index is 0. The Kier molecular flexibility index (Phi) is 18.9. The molecule has 0 aromatic carbocycles. The van der Waals surface area contributed by atoms with Crippen molar-refractivity contribution >= 4 is 0 Å². The fourth-order valence-corrected chi connectivity index (χ4v) is 5.19. The lowest BCUT2D eigenvalue weighted by Crippen LogP contribution is -2.68. The first kappa shape index (κ1) is 47.7. The monoisotopic (exact) mass is 656 g/mol.